The SMILES string of the molecule is N=C(N)c1ccc(C(=O)Nc2ccc3c(c2)CCC(CC(=O)O)C3)cc1.N=C(N)c1ccc(NC(=O)c2ccc3c(c2)CCC(CC(=O)O)C3)cc1. The fourth-order valence-corrected chi connectivity index (χ4v) is 6.66. The van der Waals surface area contributed by atoms with Crippen LogP contribution in [0.3, 0.4) is 0 Å². The first-order valence-corrected chi connectivity index (χ1v) is 17.0. The summed E-state index contributed by atoms with van der Waals surface area (Å²) < 4.78 is 0. The summed E-state index contributed by atoms with van der Waals surface area (Å²) in [5, 5.41) is 38.4. The molecule has 2 amide bonds. The number of amides is 2. The lowest BCUT2D eigenvalue weighted by Gasteiger charge is -2.24. The van der Waals surface area contributed by atoms with Gasteiger partial charge in [-0.2, -0.15) is 0 Å². The number of aryl methyl sites for hydroxylation is 2. The van der Waals surface area contributed by atoms with E-state index >= 15 is 0 Å². The van der Waals surface area contributed by atoms with E-state index in [0.29, 0.717) is 27.9 Å². The van der Waals surface area contributed by atoms with Crippen molar-refractivity contribution >= 4 is 46.8 Å². The number of nitrogens with one attached hydrogen (secondary N) is 4. The van der Waals surface area contributed by atoms with E-state index in [0.717, 1.165) is 66.5 Å². The molecule has 0 aromatic heterocycles. The van der Waals surface area contributed by atoms with Crippen LogP contribution >= 0.6 is 0 Å². The molecule has 4 aromatic rings. The molecule has 52 heavy (non-hydrogen) atoms. The molecule has 0 spiro atoms. The predicted molar refractivity (Wildman–Crippen MR) is 199 cm³/mol. The zero-order valence-electron chi connectivity index (χ0n) is 28.6. The quantitative estimate of drug-likeness (QED) is 0.0763. The van der Waals surface area contributed by atoms with E-state index in [9.17, 15) is 19.2 Å². The Labute approximate surface area is 301 Å². The van der Waals surface area contributed by atoms with Crippen LogP contribution in [0.4, 0.5) is 11.4 Å². The van der Waals surface area contributed by atoms with Crippen molar-refractivity contribution in [3.05, 3.63) is 129 Å². The minimum atomic E-state index is -0.759. The highest BCUT2D eigenvalue weighted by Crippen LogP contribution is 2.30. The van der Waals surface area contributed by atoms with Gasteiger partial charge in [-0.25, -0.2) is 0 Å². The molecule has 0 saturated heterocycles. The third-order valence-electron chi connectivity index (χ3n) is 9.43. The van der Waals surface area contributed by atoms with E-state index in [1.807, 2.05) is 30.3 Å². The Hall–Kier alpha value is -6.30. The number of nitrogen functional groups attached to an aromatic ring is 2. The average Bonchev–Trinajstić information content (AvgIpc) is 3.11. The molecule has 2 aliphatic rings. The molecule has 0 heterocycles. The second kappa shape index (κ2) is 16.6. The van der Waals surface area contributed by atoms with E-state index in [-0.39, 0.29) is 48.2 Å². The van der Waals surface area contributed by atoms with Crippen LogP contribution in [0, 0.1) is 22.7 Å². The van der Waals surface area contributed by atoms with Gasteiger partial charge in [-0.1, -0.05) is 24.3 Å². The third kappa shape index (κ3) is 9.90. The topological polar surface area (TPSA) is 233 Å². The molecular formula is C40H42N6O6. The summed E-state index contributed by atoms with van der Waals surface area (Å²) in [5.74, 6) is -1.63. The monoisotopic (exact) mass is 702 g/mol. The molecular weight excluding hydrogens is 660 g/mol. The smallest absolute Gasteiger partial charge is 0.303 e. The van der Waals surface area contributed by atoms with Crippen LogP contribution in [0.2, 0.25) is 0 Å². The van der Waals surface area contributed by atoms with Crippen LogP contribution in [-0.4, -0.2) is 45.6 Å². The molecule has 12 heteroatoms. The molecule has 4 aromatic carbocycles. The van der Waals surface area contributed by atoms with E-state index < -0.39 is 11.9 Å². The number of rotatable bonds is 10. The largest absolute Gasteiger partial charge is 0.481 e. The number of anilines is 2. The fourth-order valence-electron chi connectivity index (χ4n) is 6.66. The second-order valence-corrected chi connectivity index (χ2v) is 13.3. The maximum atomic E-state index is 12.5. The first-order valence-electron chi connectivity index (χ1n) is 17.0. The Morgan fingerprint density at radius 1 is 0.558 bits per heavy atom. The van der Waals surface area contributed by atoms with Gasteiger partial charge < -0.3 is 32.3 Å². The number of fused-ring (bicyclic) bond motifs is 2. The number of amidine groups is 2. The van der Waals surface area contributed by atoms with Gasteiger partial charge in [-0.05, 0) is 133 Å². The molecule has 2 atom stereocenters. The lowest BCUT2D eigenvalue weighted by Crippen LogP contribution is -2.19. The average molecular weight is 703 g/mol. The Morgan fingerprint density at radius 2 is 0.962 bits per heavy atom. The Balaban J connectivity index is 0.000000201. The molecule has 0 radical (unpaired) electrons. The lowest BCUT2D eigenvalue weighted by molar-refractivity contribution is -0.139. The zero-order valence-corrected chi connectivity index (χ0v) is 28.6. The van der Waals surface area contributed by atoms with Crippen LogP contribution in [-0.2, 0) is 35.3 Å². The second-order valence-electron chi connectivity index (χ2n) is 13.3. The number of nitrogens with two attached hydrogens (primary N) is 2. The van der Waals surface area contributed by atoms with Crippen LogP contribution in [0.5, 0.6) is 0 Å². The Bertz CT molecular complexity index is 2010. The standard InChI is InChI=1S/2C20H21N3O3/c21-19(22)13-3-5-14(6-4-13)20(26)23-17-8-7-15-9-12(10-18(24)25)1-2-16(15)11-17;21-19(22)13-5-7-17(8-6-13)23-20(26)16-4-3-14-9-12(10-18(24)25)1-2-15(14)11-16/h2*3-8,11-12H,1-2,9-10H2,(H3,21,22)(H,23,26)(H,24,25). The normalized spacial score (nSPS) is 15.8. The maximum Gasteiger partial charge on any atom is 0.303 e. The zero-order chi connectivity index (χ0) is 37.4. The van der Waals surface area contributed by atoms with Crippen LogP contribution < -0.4 is 22.1 Å². The van der Waals surface area contributed by atoms with Gasteiger partial charge in [0.2, 0.25) is 0 Å². The van der Waals surface area contributed by atoms with Gasteiger partial charge in [0.1, 0.15) is 11.7 Å². The molecule has 268 valence electrons. The van der Waals surface area contributed by atoms with E-state index in [1.165, 1.54) is 0 Å². The van der Waals surface area contributed by atoms with Crippen molar-refractivity contribution in [1.29, 1.82) is 10.8 Å². The molecule has 12 nitrogen and oxygen atoms in total. The number of aliphatic carboxylic acids is 2. The predicted octanol–water partition coefficient (Wildman–Crippen LogP) is 5.61. The molecule has 6 rings (SSSR count). The molecule has 0 bridgehead atoms. The number of hydrogen-bond acceptors (Lipinski definition) is 6. The minimum Gasteiger partial charge on any atom is -0.481 e. The van der Waals surface area contributed by atoms with Crippen molar-refractivity contribution in [2.75, 3.05) is 10.6 Å². The van der Waals surface area contributed by atoms with Crippen LogP contribution in [0.25, 0.3) is 0 Å². The van der Waals surface area contributed by atoms with E-state index in [1.54, 1.807) is 54.6 Å². The number of hydrogen-bond donors (Lipinski definition) is 8. The van der Waals surface area contributed by atoms with Gasteiger partial charge in [-0.15, -0.1) is 0 Å². The first-order chi connectivity index (χ1) is 24.8. The lowest BCUT2D eigenvalue weighted by atomic mass is 9.81. The number of benzene rings is 4. The Morgan fingerprint density at radius 3 is 1.48 bits per heavy atom. The van der Waals surface area contributed by atoms with Crippen LogP contribution in [0.15, 0.2) is 84.9 Å². The summed E-state index contributed by atoms with van der Waals surface area (Å²) in [5.41, 5.74) is 19.0. The molecule has 10 N–H and O–H groups in total. The van der Waals surface area contributed by atoms with Crippen LogP contribution in [0.1, 0.15) is 79.8 Å². The molecule has 0 aliphatic heterocycles. The van der Waals surface area contributed by atoms with Crippen molar-refractivity contribution in [2.24, 2.45) is 23.3 Å². The van der Waals surface area contributed by atoms with E-state index in [4.69, 9.17) is 32.5 Å². The highest BCUT2D eigenvalue weighted by Gasteiger charge is 2.23. The summed E-state index contributed by atoms with van der Waals surface area (Å²) in [6.07, 6.45) is 5.20. The van der Waals surface area contributed by atoms with Crippen molar-refractivity contribution in [3.63, 3.8) is 0 Å². The number of carboxylic acid groups (broad SMARTS) is 2. The fraction of sp³-hybridized carbons (Fsp3) is 0.250. The summed E-state index contributed by atoms with van der Waals surface area (Å²) in [4.78, 5) is 46.6. The molecule has 2 unspecified atom stereocenters. The van der Waals surface area contributed by atoms with Gasteiger partial charge in [-0.3, -0.25) is 30.0 Å². The maximum absolute atomic E-state index is 12.5. The highest BCUT2D eigenvalue weighted by atomic mass is 16.4. The van der Waals surface area contributed by atoms with Gasteiger partial charge in [0.05, 0.1) is 0 Å². The molecule has 0 fully saturated rings. The minimum absolute atomic E-state index is 0.0150. The van der Waals surface area contributed by atoms with Gasteiger partial charge in [0.15, 0.2) is 0 Å². The number of carbonyl (C=O) groups is 4. The van der Waals surface area contributed by atoms with Crippen molar-refractivity contribution in [2.45, 2.75) is 51.4 Å². The summed E-state index contributed by atoms with van der Waals surface area (Å²) >= 11 is 0. The Kier molecular flexibility index (Phi) is 11.8. The molecule has 2 aliphatic carbocycles. The summed E-state index contributed by atoms with van der Waals surface area (Å²) in [6, 6.07) is 24.8. The van der Waals surface area contributed by atoms with Crippen molar-refractivity contribution in [3.8, 4) is 0 Å². The number of carbonyl (C=O) groups excluding carboxylic acids is 2. The number of carboxylic acids is 2. The first kappa shape index (κ1) is 37.0. The third-order valence-corrected chi connectivity index (χ3v) is 9.43. The summed E-state index contributed by atoms with van der Waals surface area (Å²) in [6.45, 7) is 0. The van der Waals surface area contributed by atoms with E-state index in [2.05, 4.69) is 10.6 Å². The molecule has 0 saturated carbocycles. The van der Waals surface area contributed by atoms with Gasteiger partial charge in [0.25, 0.3) is 11.8 Å². The summed E-state index contributed by atoms with van der Waals surface area (Å²) in [7, 11) is 0. The van der Waals surface area contributed by atoms with Gasteiger partial charge in [0, 0.05) is 46.5 Å². The van der Waals surface area contributed by atoms with Crippen molar-refractivity contribution < 1.29 is 29.4 Å². The van der Waals surface area contributed by atoms with Gasteiger partial charge >= 0.3 is 11.9 Å². The van der Waals surface area contributed by atoms with Crippen molar-refractivity contribution in [1.82, 2.24) is 0 Å². The highest BCUT2D eigenvalue weighted by molar-refractivity contribution is 6.06.